The average Bonchev–Trinajstić information content (AvgIpc) is 3.37. The van der Waals surface area contributed by atoms with Gasteiger partial charge in [0.1, 0.15) is 10.1 Å². The summed E-state index contributed by atoms with van der Waals surface area (Å²) < 4.78 is 64.7. The second kappa shape index (κ2) is 23.1. The van der Waals surface area contributed by atoms with Gasteiger partial charge in [0.15, 0.2) is 10.3 Å². The molecule has 1 atom stereocenters. The van der Waals surface area contributed by atoms with E-state index in [1.807, 2.05) is 0 Å². The average molecular weight is 609 g/mol. The number of aromatic nitrogens is 1. The van der Waals surface area contributed by atoms with Crippen LogP contribution in [-0.2, 0) is 39.2 Å². The summed E-state index contributed by atoms with van der Waals surface area (Å²) in [6.45, 7) is 4.44. The van der Waals surface area contributed by atoms with Gasteiger partial charge in [0.2, 0.25) is 0 Å². The smallest absolute Gasteiger partial charge is 0.747 e. The summed E-state index contributed by atoms with van der Waals surface area (Å²) in [5.74, 6) is -2.03. The van der Waals surface area contributed by atoms with E-state index in [0.717, 1.165) is 57.8 Å². The maximum absolute atomic E-state index is 11.9. The molecule has 1 rings (SSSR count). The number of nitrogens with two attached hydrogens (primary N) is 1. The molecule has 1 aromatic heterocycles. The van der Waals surface area contributed by atoms with E-state index in [9.17, 15) is 31.0 Å². The number of nitrogens with zero attached hydrogens (tertiary/aromatic N) is 1. The molecule has 0 saturated heterocycles. The molecule has 0 bridgehead atoms. The topological polar surface area (TPSA) is 183 Å². The number of rotatable bonds is 19. The Morgan fingerprint density at radius 1 is 0.895 bits per heavy atom. The Kier molecular flexibility index (Phi) is 24.1. The summed E-state index contributed by atoms with van der Waals surface area (Å²) in [6.07, 6.45) is 11.2. The Morgan fingerprint density at radius 2 is 1.37 bits per heavy atom. The Balaban J connectivity index is 0. The fourth-order valence-corrected chi connectivity index (χ4v) is 5.10. The van der Waals surface area contributed by atoms with Crippen LogP contribution < -0.4 is 34.7 Å². The summed E-state index contributed by atoms with van der Waals surface area (Å²) >= 11 is 1.20. The first-order valence-corrected chi connectivity index (χ1v) is 16.6. The number of carbonyl (C=O) groups is 2. The predicted molar refractivity (Wildman–Crippen MR) is 140 cm³/mol. The van der Waals surface area contributed by atoms with Crippen molar-refractivity contribution in [3.05, 3.63) is 10.9 Å². The van der Waals surface area contributed by atoms with E-state index in [0.29, 0.717) is 12.8 Å². The molecule has 11 nitrogen and oxygen atoms in total. The van der Waals surface area contributed by atoms with Crippen LogP contribution in [0.1, 0.15) is 97.3 Å². The quantitative estimate of drug-likeness (QED) is 0.102. The fourth-order valence-electron chi connectivity index (χ4n) is 3.07. The van der Waals surface area contributed by atoms with E-state index in [-0.39, 0.29) is 47.8 Å². The van der Waals surface area contributed by atoms with Gasteiger partial charge in [-0.05, 0) is 12.8 Å². The minimum atomic E-state index is -4.98. The first kappa shape index (κ1) is 39.5. The minimum absolute atomic E-state index is 0. The molecule has 38 heavy (non-hydrogen) atoms. The molecule has 0 spiro atoms. The van der Waals surface area contributed by atoms with E-state index < -0.39 is 43.8 Å². The first-order valence-electron chi connectivity index (χ1n) is 12.6. The van der Waals surface area contributed by atoms with Crippen molar-refractivity contribution in [1.82, 2.24) is 4.98 Å². The molecule has 0 aliphatic heterocycles. The normalized spacial score (nSPS) is 12.0. The summed E-state index contributed by atoms with van der Waals surface area (Å²) in [5, 5.41) is 4.00. The Bertz CT molecular complexity index is 957. The van der Waals surface area contributed by atoms with Gasteiger partial charge in [0.25, 0.3) is 10.0 Å². The van der Waals surface area contributed by atoms with Crippen molar-refractivity contribution in [2.24, 2.45) is 5.14 Å². The van der Waals surface area contributed by atoms with Crippen LogP contribution in [0.2, 0.25) is 0 Å². The SMILES string of the molecule is CCCCCCCCOC(=O)CC(C(=O)OCCCCCCCC)S(=O)(=O)[O-].NS(=O)(=O)c1cscn1.[Na+]. The Hall–Kier alpha value is -0.610. The summed E-state index contributed by atoms with van der Waals surface area (Å²) in [7, 11) is -8.55. The van der Waals surface area contributed by atoms with Crippen LogP contribution in [0.15, 0.2) is 15.9 Å². The zero-order valence-electron chi connectivity index (χ0n) is 22.8. The third-order valence-corrected chi connectivity index (χ3v) is 7.77. The van der Waals surface area contributed by atoms with E-state index in [4.69, 9.17) is 14.6 Å². The molecule has 2 N–H and O–H groups in total. The number of carbonyl (C=O) groups excluding carboxylic acids is 2. The van der Waals surface area contributed by atoms with Crippen molar-refractivity contribution >= 4 is 43.4 Å². The zero-order valence-corrected chi connectivity index (χ0v) is 27.2. The molecule has 0 saturated carbocycles. The van der Waals surface area contributed by atoms with E-state index in [1.54, 1.807) is 0 Å². The number of thiazole rings is 1. The zero-order chi connectivity index (χ0) is 28.2. The van der Waals surface area contributed by atoms with E-state index in [1.165, 1.54) is 28.6 Å². The summed E-state index contributed by atoms with van der Waals surface area (Å²) in [4.78, 5) is 27.2. The second-order valence-corrected chi connectivity index (χ2v) is 12.3. The van der Waals surface area contributed by atoms with Crippen LogP contribution in [0.5, 0.6) is 0 Å². The van der Waals surface area contributed by atoms with Crippen LogP contribution in [0.4, 0.5) is 0 Å². The van der Waals surface area contributed by atoms with E-state index in [2.05, 4.69) is 18.8 Å². The molecule has 0 aliphatic rings. The molecule has 1 heterocycles. The van der Waals surface area contributed by atoms with Crippen molar-refractivity contribution < 1.29 is 70.0 Å². The van der Waals surface area contributed by atoms with Crippen molar-refractivity contribution in [3.63, 3.8) is 0 Å². The number of ether oxygens (including phenoxy) is 2. The number of unbranched alkanes of at least 4 members (excludes halogenated alkanes) is 10. The number of primary sulfonamides is 1. The number of hydrogen-bond acceptors (Lipinski definition) is 11. The third-order valence-electron chi connectivity index (χ3n) is 5.17. The fraction of sp³-hybridized carbons (Fsp3) is 0.783. The number of sulfonamides is 1. The molecule has 1 aromatic rings. The van der Waals surface area contributed by atoms with Gasteiger partial charge in [0, 0.05) is 5.38 Å². The minimum Gasteiger partial charge on any atom is -0.747 e. The third kappa shape index (κ3) is 21.2. The van der Waals surface area contributed by atoms with Gasteiger partial charge >= 0.3 is 41.5 Å². The number of esters is 2. The monoisotopic (exact) mass is 608 g/mol. The number of hydrogen-bond donors (Lipinski definition) is 1. The van der Waals surface area contributed by atoms with Crippen LogP contribution in [0.25, 0.3) is 0 Å². The summed E-state index contributed by atoms with van der Waals surface area (Å²) in [5.41, 5.74) is 1.42. The van der Waals surface area contributed by atoms with E-state index >= 15 is 0 Å². The maximum Gasteiger partial charge on any atom is 1.00 e. The van der Waals surface area contributed by atoms with Crippen molar-refractivity contribution in [2.45, 2.75) is 108 Å². The maximum atomic E-state index is 11.9. The molecule has 216 valence electrons. The van der Waals surface area contributed by atoms with Crippen molar-refractivity contribution in [1.29, 1.82) is 0 Å². The molecule has 1 unspecified atom stereocenters. The Morgan fingerprint density at radius 3 is 1.76 bits per heavy atom. The van der Waals surface area contributed by atoms with Crippen LogP contribution in [-0.4, -0.2) is 56.8 Å². The van der Waals surface area contributed by atoms with Gasteiger partial charge in [-0.1, -0.05) is 78.1 Å². The molecule has 0 aromatic carbocycles. The Labute approximate surface area is 253 Å². The largest absolute Gasteiger partial charge is 1.00 e. The van der Waals surface area contributed by atoms with Crippen molar-refractivity contribution in [3.8, 4) is 0 Å². The molecule has 0 amide bonds. The van der Waals surface area contributed by atoms with Crippen LogP contribution >= 0.6 is 11.3 Å². The van der Waals surface area contributed by atoms with Crippen molar-refractivity contribution in [2.75, 3.05) is 13.2 Å². The second-order valence-electron chi connectivity index (χ2n) is 8.48. The van der Waals surface area contributed by atoms with Gasteiger partial charge in [-0.2, -0.15) is 0 Å². The first-order chi connectivity index (χ1) is 17.4. The van der Waals surface area contributed by atoms with Gasteiger partial charge in [0.05, 0.1) is 25.1 Å². The van der Waals surface area contributed by atoms with Gasteiger partial charge in [-0.25, -0.2) is 27.0 Å². The predicted octanol–water partition coefficient (Wildman–Crippen LogP) is 0.892. The molecule has 0 radical (unpaired) electrons. The molecule has 0 fully saturated rings. The molecule has 0 aliphatic carbocycles. The van der Waals surface area contributed by atoms with Gasteiger partial charge in [-0.15, -0.1) is 11.3 Å². The molecule has 15 heteroatoms. The molecular weight excluding hydrogens is 567 g/mol. The standard InChI is InChI=1S/C20H38O7S.C3H4N2O2S2.Na/c1-3-5-7-9-11-13-15-26-19(21)17-18(28(23,24)25)20(22)27-16-14-12-10-8-6-4-2;4-9(6,7)3-1-8-2-5-3;/h18H,3-17H2,1-2H3,(H,23,24,25);1-2H,(H2,4,6,7);/q;;+1/p-1. The van der Waals surface area contributed by atoms with Gasteiger partial charge < -0.3 is 14.0 Å². The summed E-state index contributed by atoms with van der Waals surface area (Å²) in [6, 6.07) is 0. The van der Waals surface area contributed by atoms with Crippen LogP contribution in [0.3, 0.4) is 0 Å². The van der Waals surface area contributed by atoms with Crippen LogP contribution in [0, 0.1) is 0 Å². The van der Waals surface area contributed by atoms with Gasteiger partial charge in [-0.3, -0.25) is 9.59 Å². The molecular formula is C23H41N2NaO9S3.